The van der Waals surface area contributed by atoms with E-state index < -0.39 is 0 Å². The first-order valence-corrected chi connectivity index (χ1v) is 4.71. The van der Waals surface area contributed by atoms with Gasteiger partial charge in [0.25, 0.3) is 0 Å². The number of fused-ring (bicyclic) bond motifs is 1. The smallest absolute Gasteiger partial charge is 0.124 e. The van der Waals surface area contributed by atoms with E-state index in [1.165, 1.54) is 0 Å². The molecule has 2 aromatic rings. The Morgan fingerprint density at radius 3 is 2.86 bits per heavy atom. The number of aromatic amines is 1. The number of H-pyrrole nitrogens is 1. The molecule has 1 unspecified atom stereocenters. The minimum Gasteiger partial charge on any atom is -0.341 e. The summed E-state index contributed by atoms with van der Waals surface area (Å²) in [6.07, 6.45) is 0.750. The fourth-order valence-corrected chi connectivity index (χ4v) is 1.46. The second kappa shape index (κ2) is 3.77. The summed E-state index contributed by atoms with van der Waals surface area (Å²) in [5, 5.41) is 0. The molecule has 0 aliphatic heterocycles. The molecule has 0 radical (unpaired) electrons. The van der Waals surface area contributed by atoms with Crippen LogP contribution in [-0.4, -0.2) is 16.5 Å². The van der Waals surface area contributed by atoms with Gasteiger partial charge >= 0.3 is 0 Å². The fourth-order valence-electron chi connectivity index (χ4n) is 1.46. The van der Waals surface area contributed by atoms with Crippen LogP contribution in [0.25, 0.3) is 11.0 Å². The lowest BCUT2D eigenvalue weighted by molar-refractivity contribution is 0.630. The highest BCUT2D eigenvalue weighted by Crippen LogP contribution is 2.15. The number of aromatic nitrogens is 2. The molecule has 4 nitrogen and oxygen atoms in total. The molecule has 1 atom stereocenters. The van der Waals surface area contributed by atoms with Crippen molar-refractivity contribution in [3.8, 4) is 0 Å². The monoisotopic (exact) mass is 190 g/mol. The quantitative estimate of drug-likeness (QED) is 0.673. The van der Waals surface area contributed by atoms with Crippen molar-refractivity contribution in [1.82, 2.24) is 9.97 Å². The van der Waals surface area contributed by atoms with Crippen LogP contribution in [0.4, 0.5) is 0 Å². The largest absolute Gasteiger partial charge is 0.341 e. The summed E-state index contributed by atoms with van der Waals surface area (Å²) in [6, 6.07) is 7.79. The summed E-state index contributed by atoms with van der Waals surface area (Å²) in [5.74, 6) is 0.816. The fraction of sp³-hybridized carbons (Fsp3) is 0.300. The average Bonchev–Trinajstić information content (AvgIpc) is 2.61. The third-order valence-corrected chi connectivity index (χ3v) is 2.24. The Morgan fingerprint density at radius 1 is 1.36 bits per heavy atom. The molecule has 2 rings (SSSR count). The first-order chi connectivity index (χ1) is 6.81. The Labute approximate surface area is 82.3 Å². The summed E-state index contributed by atoms with van der Waals surface area (Å²) in [6.45, 7) is 0.582. The van der Waals surface area contributed by atoms with Gasteiger partial charge in [-0.1, -0.05) is 12.1 Å². The van der Waals surface area contributed by atoms with E-state index >= 15 is 0 Å². The zero-order valence-corrected chi connectivity index (χ0v) is 7.90. The second-order valence-electron chi connectivity index (χ2n) is 3.32. The van der Waals surface area contributed by atoms with E-state index in [4.69, 9.17) is 11.5 Å². The summed E-state index contributed by atoms with van der Waals surface area (Å²) >= 11 is 0. The van der Waals surface area contributed by atoms with Crippen LogP contribution in [0.3, 0.4) is 0 Å². The molecule has 0 saturated heterocycles. The van der Waals surface area contributed by atoms with E-state index in [0.717, 1.165) is 23.3 Å². The second-order valence-corrected chi connectivity index (χ2v) is 3.32. The van der Waals surface area contributed by atoms with E-state index in [1.807, 2.05) is 24.3 Å². The molecule has 1 aromatic carbocycles. The molecule has 74 valence electrons. The van der Waals surface area contributed by atoms with Gasteiger partial charge in [-0.15, -0.1) is 0 Å². The molecule has 1 aromatic heterocycles. The maximum atomic E-state index is 5.90. The average molecular weight is 190 g/mol. The van der Waals surface area contributed by atoms with Gasteiger partial charge in [-0.2, -0.15) is 0 Å². The van der Waals surface area contributed by atoms with Crippen molar-refractivity contribution in [2.75, 3.05) is 6.54 Å². The van der Waals surface area contributed by atoms with Gasteiger partial charge in [0, 0.05) is 0 Å². The number of para-hydroxylation sites is 2. The first kappa shape index (κ1) is 9.18. The molecule has 0 fully saturated rings. The van der Waals surface area contributed by atoms with Gasteiger partial charge in [0.2, 0.25) is 0 Å². The number of nitrogens with zero attached hydrogens (tertiary/aromatic N) is 1. The molecule has 0 amide bonds. The standard InChI is InChI=1S/C10H14N4/c11-6-5-7(12)10-13-8-3-1-2-4-9(8)14-10/h1-4,7H,5-6,11-12H2,(H,13,14). The van der Waals surface area contributed by atoms with Gasteiger partial charge in [-0.05, 0) is 25.1 Å². The number of nitrogens with two attached hydrogens (primary N) is 2. The van der Waals surface area contributed by atoms with Crippen molar-refractivity contribution in [2.45, 2.75) is 12.5 Å². The zero-order chi connectivity index (χ0) is 9.97. The SMILES string of the molecule is NCCC(N)c1nc2ccccc2[nH]1. The van der Waals surface area contributed by atoms with Crippen molar-refractivity contribution < 1.29 is 0 Å². The highest BCUT2D eigenvalue weighted by atomic mass is 15.0. The van der Waals surface area contributed by atoms with E-state index in [-0.39, 0.29) is 6.04 Å². The lowest BCUT2D eigenvalue weighted by Crippen LogP contribution is -2.16. The molecular weight excluding hydrogens is 176 g/mol. The number of hydrogen-bond donors (Lipinski definition) is 3. The minimum atomic E-state index is -0.0904. The molecule has 4 heteroatoms. The van der Waals surface area contributed by atoms with Gasteiger partial charge in [0.15, 0.2) is 0 Å². The lowest BCUT2D eigenvalue weighted by Gasteiger charge is -2.04. The number of hydrogen-bond acceptors (Lipinski definition) is 3. The van der Waals surface area contributed by atoms with E-state index in [9.17, 15) is 0 Å². The van der Waals surface area contributed by atoms with Gasteiger partial charge in [-0.3, -0.25) is 0 Å². The first-order valence-electron chi connectivity index (χ1n) is 4.71. The Morgan fingerprint density at radius 2 is 2.14 bits per heavy atom. The molecule has 0 bridgehead atoms. The van der Waals surface area contributed by atoms with E-state index in [0.29, 0.717) is 6.54 Å². The van der Waals surface area contributed by atoms with E-state index in [2.05, 4.69) is 9.97 Å². The zero-order valence-electron chi connectivity index (χ0n) is 7.90. The normalized spacial score (nSPS) is 13.3. The van der Waals surface area contributed by atoms with Crippen LogP contribution in [0.1, 0.15) is 18.3 Å². The topological polar surface area (TPSA) is 80.7 Å². The Hall–Kier alpha value is -1.39. The third-order valence-electron chi connectivity index (χ3n) is 2.24. The maximum absolute atomic E-state index is 5.90. The van der Waals surface area contributed by atoms with Crippen molar-refractivity contribution >= 4 is 11.0 Å². The Bertz CT molecular complexity index is 388. The molecule has 5 N–H and O–H groups in total. The van der Waals surface area contributed by atoms with Crippen molar-refractivity contribution in [1.29, 1.82) is 0 Å². The molecule has 0 aliphatic carbocycles. The van der Waals surface area contributed by atoms with Crippen LogP contribution in [0.2, 0.25) is 0 Å². The van der Waals surface area contributed by atoms with E-state index in [1.54, 1.807) is 0 Å². The highest BCUT2D eigenvalue weighted by molar-refractivity contribution is 5.74. The highest BCUT2D eigenvalue weighted by Gasteiger charge is 2.09. The number of nitrogens with one attached hydrogen (secondary N) is 1. The van der Waals surface area contributed by atoms with Crippen LogP contribution in [0, 0.1) is 0 Å². The summed E-state index contributed by atoms with van der Waals surface area (Å²) in [7, 11) is 0. The van der Waals surface area contributed by atoms with Crippen LogP contribution in [0.5, 0.6) is 0 Å². The van der Waals surface area contributed by atoms with Crippen LogP contribution in [0.15, 0.2) is 24.3 Å². The predicted octanol–water partition coefficient (Wildman–Crippen LogP) is 0.911. The maximum Gasteiger partial charge on any atom is 0.124 e. The molecule has 1 heterocycles. The summed E-state index contributed by atoms with van der Waals surface area (Å²) in [5.41, 5.74) is 13.3. The Balaban J connectivity index is 2.35. The van der Waals surface area contributed by atoms with Gasteiger partial charge < -0.3 is 16.5 Å². The van der Waals surface area contributed by atoms with Gasteiger partial charge in [0.05, 0.1) is 17.1 Å². The summed E-state index contributed by atoms with van der Waals surface area (Å²) in [4.78, 5) is 7.58. The van der Waals surface area contributed by atoms with Crippen LogP contribution < -0.4 is 11.5 Å². The summed E-state index contributed by atoms with van der Waals surface area (Å²) < 4.78 is 0. The van der Waals surface area contributed by atoms with Crippen molar-refractivity contribution in [3.05, 3.63) is 30.1 Å². The third kappa shape index (κ3) is 1.62. The predicted molar refractivity (Wildman–Crippen MR) is 56.7 cm³/mol. The van der Waals surface area contributed by atoms with Gasteiger partial charge in [-0.25, -0.2) is 4.98 Å². The van der Waals surface area contributed by atoms with Crippen molar-refractivity contribution in [3.63, 3.8) is 0 Å². The number of imidazole rings is 1. The number of benzene rings is 1. The van der Waals surface area contributed by atoms with Gasteiger partial charge in [0.1, 0.15) is 5.82 Å². The molecule has 0 spiro atoms. The molecule has 0 saturated carbocycles. The lowest BCUT2D eigenvalue weighted by atomic mass is 10.2. The Kier molecular flexibility index (Phi) is 2.47. The van der Waals surface area contributed by atoms with Crippen LogP contribution >= 0.6 is 0 Å². The molecule has 0 aliphatic rings. The van der Waals surface area contributed by atoms with Crippen molar-refractivity contribution in [2.24, 2.45) is 11.5 Å². The minimum absolute atomic E-state index is 0.0904. The van der Waals surface area contributed by atoms with Crippen LogP contribution in [-0.2, 0) is 0 Å². The molecular formula is C10H14N4. The molecule has 14 heavy (non-hydrogen) atoms. The number of rotatable bonds is 3.